The molecule has 0 saturated carbocycles. The quantitative estimate of drug-likeness (QED) is 0.609. The van der Waals surface area contributed by atoms with Crippen molar-refractivity contribution in [3.8, 4) is 0 Å². The molecular formula is C10H22N2. The van der Waals surface area contributed by atoms with Crippen molar-refractivity contribution in [2.45, 2.75) is 33.1 Å². The summed E-state index contributed by atoms with van der Waals surface area (Å²) in [5.41, 5.74) is 0.522. The zero-order valence-corrected chi connectivity index (χ0v) is 8.45. The van der Waals surface area contributed by atoms with Gasteiger partial charge in [-0.1, -0.05) is 20.3 Å². The molecule has 0 aromatic carbocycles. The molecule has 1 rings (SSSR count). The van der Waals surface area contributed by atoms with Gasteiger partial charge in [-0.2, -0.15) is 0 Å². The molecule has 1 saturated heterocycles. The maximum atomic E-state index is 3.53. The molecule has 2 heteroatoms. The number of unbranched alkanes of at least 4 members (excludes halogenated alkanes) is 1. The molecule has 1 unspecified atom stereocenters. The maximum Gasteiger partial charge on any atom is 0.00178 e. The van der Waals surface area contributed by atoms with E-state index in [0.717, 1.165) is 0 Å². The van der Waals surface area contributed by atoms with E-state index in [1.54, 1.807) is 0 Å². The highest BCUT2D eigenvalue weighted by molar-refractivity contribution is 4.85. The molecule has 0 aromatic heterocycles. The van der Waals surface area contributed by atoms with Crippen molar-refractivity contribution in [3.63, 3.8) is 0 Å². The van der Waals surface area contributed by atoms with Crippen LogP contribution in [0.15, 0.2) is 0 Å². The molecule has 0 aliphatic carbocycles. The normalized spacial score (nSPS) is 29.5. The lowest BCUT2D eigenvalue weighted by Gasteiger charge is -2.22. The van der Waals surface area contributed by atoms with Crippen LogP contribution in [0, 0.1) is 5.41 Å². The van der Waals surface area contributed by atoms with Crippen LogP contribution in [0.2, 0.25) is 0 Å². The Bertz CT molecular complexity index is 117. The van der Waals surface area contributed by atoms with Crippen LogP contribution in [0.4, 0.5) is 0 Å². The van der Waals surface area contributed by atoms with Crippen LogP contribution in [0.25, 0.3) is 0 Å². The van der Waals surface area contributed by atoms with Gasteiger partial charge in [0.25, 0.3) is 0 Å². The summed E-state index contributed by atoms with van der Waals surface area (Å²) in [6.07, 6.45) is 3.93. The van der Waals surface area contributed by atoms with Gasteiger partial charge in [-0.05, 0) is 31.3 Å². The molecule has 72 valence electrons. The van der Waals surface area contributed by atoms with Gasteiger partial charge in [0.2, 0.25) is 0 Å². The fourth-order valence-electron chi connectivity index (χ4n) is 1.71. The second kappa shape index (κ2) is 4.83. The zero-order valence-electron chi connectivity index (χ0n) is 8.45. The summed E-state index contributed by atoms with van der Waals surface area (Å²) in [7, 11) is 0. The fraction of sp³-hybridized carbons (Fsp3) is 1.00. The van der Waals surface area contributed by atoms with E-state index in [-0.39, 0.29) is 0 Å². The van der Waals surface area contributed by atoms with Crippen LogP contribution < -0.4 is 10.6 Å². The third-order valence-corrected chi connectivity index (χ3v) is 2.72. The number of rotatable bonds is 5. The topological polar surface area (TPSA) is 24.1 Å². The second-order valence-electron chi connectivity index (χ2n) is 4.27. The molecule has 1 heterocycles. The monoisotopic (exact) mass is 170 g/mol. The average molecular weight is 170 g/mol. The molecule has 2 N–H and O–H groups in total. The predicted octanol–water partition coefficient (Wildman–Crippen LogP) is 1.38. The minimum Gasteiger partial charge on any atom is -0.316 e. The summed E-state index contributed by atoms with van der Waals surface area (Å²) < 4.78 is 0. The highest BCUT2D eigenvalue weighted by Crippen LogP contribution is 2.22. The molecule has 1 atom stereocenters. The van der Waals surface area contributed by atoms with E-state index < -0.39 is 0 Å². The first kappa shape index (κ1) is 10.0. The Hall–Kier alpha value is -0.0800. The number of nitrogens with one attached hydrogen (secondary N) is 2. The van der Waals surface area contributed by atoms with E-state index in [4.69, 9.17) is 0 Å². The Balaban J connectivity index is 2.05. The second-order valence-corrected chi connectivity index (χ2v) is 4.27. The molecule has 0 radical (unpaired) electrons. The van der Waals surface area contributed by atoms with Gasteiger partial charge in [-0.15, -0.1) is 0 Å². The smallest absolute Gasteiger partial charge is 0.00178 e. The average Bonchev–Trinajstić information content (AvgIpc) is 2.47. The molecule has 0 amide bonds. The minimum atomic E-state index is 0.522. The van der Waals surface area contributed by atoms with Gasteiger partial charge in [0.15, 0.2) is 0 Å². The third kappa shape index (κ3) is 3.11. The third-order valence-electron chi connectivity index (χ3n) is 2.72. The van der Waals surface area contributed by atoms with Crippen molar-refractivity contribution < 1.29 is 0 Å². The van der Waals surface area contributed by atoms with Crippen LogP contribution in [-0.2, 0) is 0 Å². The van der Waals surface area contributed by atoms with Crippen molar-refractivity contribution in [2.75, 3.05) is 26.2 Å². The van der Waals surface area contributed by atoms with Gasteiger partial charge >= 0.3 is 0 Å². The van der Waals surface area contributed by atoms with Gasteiger partial charge in [0.1, 0.15) is 0 Å². The molecule has 0 aromatic rings. The first-order valence-corrected chi connectivity index (χ1v) is 5.18. The van der Waals surface area contributed by atoms with Gasteiger partial charge in [-0.3, -0.25) is 0 Å². The molecule has 0 spiro atoms. The molecule has 1 aliphatic heterocycles. The predicted molar refractivity (Wildman–Crippen MR) is 53.4 cm³/mol. The molecule has 1 fully saturated rings. The molecule has 12 heavy (non-hydrogen) atoms. The Morgan fingerprint density at radius 1 is 1.50 bits per heavy atom. The standard InChI is InChI=1S/C10H22N2/c1-3-4-6-11-8-10(2)5-7-12-9-10/h11-12H,3-9H2,1-2H3. The SMILES string of the molecule is CCCCNCC1(C)CCNC1. The Labute approximate surface area is 76.1 Å². The first-order chi connectivity index (χ1) is 5.77. The lowest BCUT2D eigenvalue weighted by atomic mass is 9.90. The maximum absolute atomic E-state index is 3.53. The van der Waals surface area contributed by atoms with E-state index in [9.17, 15) is 0 Å². The van der Waals surface area contributed by atoms with E-state index >= 15 is 0 Å². The lowest BCUT2D eigenvalue weighted by molar-refractivity contribution is 0.339. The van der Waals surface area contributed by atoms with Crippen molar-refractivity contribution in [3.05, 3.63) is 0 Å². The van der Waals surface area contributed by atoms with E-state index in [2.05, 4.69) is 24.5 Å². The van der Waals surface area contributed by atoms with Crippen molar-refractivity contribution in [1.29, 1.82) is 0 Å². The van der Waals surface area contributed by atoms with E-state index in [1.165, 1.54) is 45.4 Å². The van der Waals surface area contributed by atoms with Crippen molar-refractivity contribution in [1.82, 2.24) is 10.6 Å². The van der Waals surface area contributed by atoms with Crippen LogP contribution >= 0.6 is 0 Å². The summed E-state index contributed by atoms with van der Waals surface area (Å²) in [5.74, 6) is 0. The fourth-order valence-corrected chi connectivity index (χ4v) is 1.71. The van der Waals surface area contributed by atoms with E-state index in [0.29, 0.717) is 5.41 Å². The van der Waals surface area contributed by atoms with Crippen molar-refractivity contribution >= 4 is 0 Å². The van der Waals surface area contributed by atoms with Gasteiger partial charge in [-0.25, -0.2) is 0 Å². The van der Waals surface area contributed by atoms with Gasteiger partial charge in [0, 0.05) is 13.1 Å². The zero-order chi connectivity index (χ0) is 8.86. The molecule has 0 bridgehead atoms. The Morgan fingerprint density at radius 2 is 2.33 bits per heavy atom. The van der Waals surface area contributed by atoms with E-state index in [1.807, 2.05) is 0 Å². The van der Waals surface area contributed by atoms with Crippen LogP contribution in [-0.4, -0.2) is 26.2 Å². The molecule has 2 nitrogen and oxygen atoms in total. The van der Waals surface area contributed by atoms with Crippen LogP contribution in [0.3, 0.4) is 0 Å². The Morgan fingerprint density at radius 3 is 2.92 bits per heavy atom. The summed E-state index contributed by atoms with van der Waals surface area (Å²) in [6.45, 7) is 9.36. The van der Waals surface area contributed by atoms with Crippen LogP contribution in [0.5, 0.6) is 0 Å². The minimum absolute atomic E-state index is 0.522. The number of hydrogen-bond acceptors (Lipinski definition) is 2. The highest BCUT2D eigenvalue weighted by atomic mass is 15.0. The summed E-state index contributed by atoms with van der Waals surface area (Å²) >= 11 is 0. The summed E-state index contributed by atoms with van der Waals surface area (Å²) in [6, 6.07) is 0. The highest BCUT2D eigenvalue weighted by Gasteiger charge is 2.27. The van der Waals surface area contributed by atoms with Crippen LogP contribution in [0.1, 0.15) is 33.1 Å². The lowest BCUT2D eigenvalue weighted by Crippen LogP contribution is -2.34. The molecular weight excluding hydrogens is 148 g/mol. The van der Waals surface area contributed by atoms with Crippen molar-refractivity contribution in [2.24, 2.45) is 5.41 Å². The molecule has 1 aliphatic rings. The summed E-state index contributed by atoms with van der Waals surface area (Å²) in [4.78, 5) is 0. The van der Waals surface area contributed by atoms with Gasteiger partial charge in [0.05, 0.1) is 0 Å². The first-order valence-electron chi connectivity index (χ1n) is 5.18. The van der Waals surface area contributed by atoms with Gasteiger partial charge < -0.3 is 10.6 Å². The largest absolute Gasteiger partial charge is 0.316 e. The Kier molecular flexibility index (Phi) is 4.02. The number of hydrogen-bond donors (Lipinski definition) is 2. The summed E-state index contributed by atoms with van der Waals surface area (Å²) in [5, 5.41) is 6.94.